The molecule has 3 N–H and O–H groups in total. The lowest BCUT2D eigenvalue weighted by atomic mass is 9.92. The molecule has 0 heterocycles. The number of aryl methyl sites for hydroxylation is 2. The summed E-state index contributed by atoms with van der Waals surface area (Å²) in [5.74, 6) is 5.83. The Hall–Kier alpha value is -1.64. The van der Waals surface area contributed by atoms with E-state index in [2.05, 4.69) is 68.7 Å². The average molecular weight is 268 g/mol. The summed E-state index contributed by atoms with van der Waals surface area (Å²) >= 11 is 0. The Bertz CT molecular complexity index is 575. The van der Waals surface area contributed by atoms with E-state index in [0.717, 1.165) is 12.8 Å². The van der Waals surface area contributed by atoms with Crippen LogP contribution in [0.1, 0.15) is 47.2 Å². The van der Waals surface area contributed by atoms with Crippen molar-refractivity contribution in [3.8, 4) is 0 Å². The first-order valence-corrected chi connectivity index (χ1v) is 7.28. The van der Waals surface area contributed by atoms with Gasteiger partial charge in [-0.25, -0.2) is 5.43 Å². The van der Waals surface area contributed by atoms with Gasteiger partial charge in [0.25, 0.3) is 0 Å². The van der Waals surface area contributed by atoms with Crippen LogP contribution in [-0.4, -0.2) is 0 Å². The largest absolute Gasteiger partial charge is 0.271 e. The first-order chi connectivity index (χ1) is 9.67. The van der Waals surface area contributed by atoms with Crippen molar-refractivity contribution < 1.29 is 0 Å². The van der Waals surface area contributed by atoms with Gasteiger partial charge in [0.2, 0.25) is 0 Å². The Labute approximate surface area is 122 Å². The summed E-state index contributed by atoms with van der Waals surface area (Å²) in [6.07, 6.45) is 2.27. The fraction of sp³-hybridized carbons (Fsp3) is 0.333. The SMILES string of the molecule is CCCc1cccc(C(NN)c2cccc(C)c2C)c1. The van der Waals surface area contributed by atoms with E-state index in [4.69, 9.17) is 5.84 Å². The lowest BCUT2D eigenvalue weighted by Crippen LogP contribution is -2.29. The molecule has 0 aliphatic rings. The number of hydrogen-bond acceptors (Lipinski definition) is 2. The summed E-state index contributed by atoms with van der Waals surface area (Å²) in [4.78, 5) is 0. The van der Waals surface area contributed by atoms with Crippen molar-refractivity contribution in [2.24, 2.45) is 5.84 Å². The molecule has 0 saturated carbocycles. The summed E-state index contributed by atoms with van der Waals surface area (Å²) < 4.78 is 0. The Balaban J connectivity index is 2.41. The van der Waals surface area contributed by atoms with Crippen molar-refractivity contribution >= 4 is 0 Å². The summed E-state index contributed by atoms with van der Waals surface area (Å²) in [6, 6.07) is 15.1. The molecular formula is C18H24N2. The van der Waals surface area contributed by atoms with Crippen molar-refractivity contribution in [1.29, 1.82) is 0 Å². The van der Waals surface area contributed by atoms with E-state index in [1.165, 1.54) is 27.8 Å². The van der Waals surface area contributed by atoms with E-state index in [1.54, 1.807) is 0 Å². The zero-order chi connectivity index (χ0) is 14.5. The van der Waals surface area contributed by atoms with Gasteiger partial charge in [-0.3, -0.25) is 5.84 Å². The first-order valence-electron chi connectivity index (χ1n) is 7.28. The molecule has 0 radical (unpaired) electrons. The maximum Gasteiger partial charge on any atom is 0.0712 e. The fourth-order valence-electron chi connectivity index (χ4n) is 2.67. The van der Waals surface area contributed by atoms with Crippen LogP contribution in [0.5, 0.6) is 0 Å². The molecule has 2 nitrogen and oxygen atoms in total. The first kappa shape index (κ1) is 14.8. The van der Waals surface area contributed by atoms with Crippen molar-refractivity contribution in [1.82, 2.24) is 5.43 Å². The van der Waals surface area contributed by atoms with Gasteiger partial charge in [0, 0.05) is 0 Å². The minimum absolute atomic E-state index is 0.0479. The highest BCUT2D eigenvalue weighted by molar-refractivity contribution is 5.41. The van der Waals surface area contributed by atoms with E-state index >= 15 is 0 Å². The molecule has 2 heteroatoms. The van der Waals surface area contributed by atoms with Crippen molar-refractivity contribution in [2.75, 3.05) is 0 Å². The van der Waals surface area contributed by atoms with Crippen LogP contribution >= 0.6 is 0 Å². The number of hydrazine groups is 1. The van der Waals surface area contributed by atoms with Gasteiger partial charge in [-0.2, -0.15) is 0 Å². The van der Waals surface area contributed by atoms with Gasteiger partial charge in [-0.1, -0.05) is 55.8 Å². The molecule has 1 atom stereocenters. The second-order valence-corrected chi connectivity index (χ2v) is 5.38. The van der Waals surface area contributed by atoms with Gasteiger partial charge in [-0.15, -0.1) is 0 Å². The second kappa shape index (κ2) is 6.69. The number of hydrogen-bond donors (Lipinski definition) is 2. The third-order valence-corrected chi connectivity index (χ3v) is 3.95. The number of nitrogens with two attached hydrogens (primary N) is 1. The molecule has 0 amide bonds. The van der Waals surface area contributed by atoms with E-state index < -0.39 is 0 Å². The van der Waals surface area contributed by atoms with Gasteiger partial charge >= 0.3 is 0 Å². The molecule has 0 spiro atoms. The molecule has 2 aromatic rings. The minimum atomic E-state index is 0.0479. The highest BCUT2D eigenvalue weighted by atomic mass is 15.2. The fourth-order valence-corrected chi connectivity index (χ4v) is 2.67. The number of benzene rings is 2. The highest BCUT2D eigenvalue weighted by Gasteiger charge is 2.15. The highest BCUT2D eigenvalue weighted by Crippen LogP contribution is 2.26. The maximum absolute atomic E-state index is 5.83. The van der Waals surface area contributed by atoms with Gasteiger partial charge in [0.15, 0.2) is 0 Å². The molecule has 0 aliphatic heterocycles. The Morgan fingerprint density at radius 3 is 2.55 bits per heavy atom. The van der Waals surface area contributed by atoms with E-state index in [1.807, 2.05) is 0 Å². The second-order valence-electron chi connectivity index (χ2n) is 5.38. The van der Waals surface area contributed by atoms with Crippen LogP contribution in [0, 0.1) is 13.8 Å². The van der Waals surface area contributed by atoms with E-state index in [9.17, 15) is 0 Å². The van der Waals surface area contributed by atoms with Gasteiger partial charge in [0.05, 0.1) is 6.04 Å². The van der Waals surface area contributed by atoms with Crippen LogP contribution in [0.15, 0.2) is 42.5 Å². The number of nitrogens with one attached hydrogen (secondary N) is 1. The molecule has 2 aromatic carbocycles. The normalized spacial score (nSPS) is 12.4. The summed E-state index contributed by atoms with van der Waals surface area (Å²) in [6.45, 7) is 6.50. The monoisotopic (exact) mass is 268 g/mol. The minimum Gasteiger partial charge on any atom is -0.271 e. The summed E-state index contributed by atoms with van der Waals surface area (Å²) in [5, 5.41) is 0. The molecule has 20 heavy (non-hydrogen) atoms. The quantitative estimate of drug-likeness (QED) is 0.639. The molecule has 0 saturated heterocycles. The third kappa shape index (κ3) is 3.09. The Kier molecular flexibility index (Phi) is 4.94. The summed E-state index contributed by atoms with van der Waals surface area (Å²) in [7, 11) is 0. The van der Waals surface area contributed by atoms with Crippen LogP contribution in [-0.2, 0) is 6.42 Å². The van der Waals surface area contributed by atoms with Gasteiger partial charge < -0.3 is 0 Å². The van der Waals surface area contributed by atoms with Crippen LogP contribution in [0.2, 0.25) is 0 Å². The zero-order valence-electron chi connectivity index (χ0n) is 12.6. The van der Waals surface area contributed by atoms with Crippen LogP contribution in [0.25, 0.3) is 0 Å². The van der Waals surface area contributed by atoms with Crippen LogP contribution < -0.4 is 11.3 Å². The zero-order valence-corrected chi connectivity index (χ0v) is 12.6. The molecular weight excluding hydrogens is 244 g/mol. The average Bonchev–Trinajstić information content (AvgIpc) is 2.45. The topological polar surface area (TPSA) is 38.0 Å². The molecule has 0 fully saturated rings. The Morgan fingerprint density at radius 1 is 1.10 bits per heavy atom. The molecule has 0 aliphatic carbocycles. The van der Waals surface area contributed by atoms with Crippen molar-refractivity contribution in [3.63, 3.8) is 0 Å². The predicted molar refractivity (Wildman–Crippen MR) is 85.5 cm³/mol. The molecule has 2 rings (SSSR count). The van der Waals surface area contributed by atoms with Gasteiger partial charge in [0.1, 0.15) is 0 Å². The summed E-state index contributed by atoms with van der Waals surface area (Å²) in [5.41, 5.74) is 9.42. The Morgan fingerprint density at radius 2 is 1.85 bits per heavy atom. The molecule has 0 bridgehead atoms. The molecule has 0 aromatic heterocycles. The predicted octanol–water partition coefficient (Wildman–Crippen LogP) is 3.81. The smallest absolute Gasteiger partial charge is 0.0712 e. The third-order valence-electron chi connectivity index (χ3n) is 3.95. The molecule has 1 unspecified atom stereocenters. The van der Waals surface area contributed by atoms with Gasteiger partial charge in [-0.05, 0) is 48.1 Å². The maximum atomic E-state index is 5.83. The van der Waals surface area contributed by atoms with Crippen molar-refractivity contribution in [2.45, 2.75) is 39.7 Å². The van der Waals surface area contributed by atoms with Crippen molar-refractivity contribution in [3.05, 3.63) is 70.3 Å². The molecule has 106 valence electrons. The number of rotatable bonds is 5. The standard InChI is InChI=1S/C18H24N2/c1-4-7-15-9-6-10-16(12-15)18(20-19)17-11-5-8-13(2)14(17)3/h5-6,8-12,18,20H,4,7,19H2,1-3H3. The lowest BCUT2D eigenvalue weighted by Gasteiger charge is -2.21. The lowest BCUT2D eigenvalue weighted by molar-refractivity contribution is 0.632. The van der Waals surface area contributed by atoms with Crippen LogP contribution in [0.4, 0.5) is 0 Å². The van der Waals surface area contributed by atoms with E-state index in [-0.39, 0.29) is 6.04 Å². The van der Waals surface area contributed by atoms with Crippen LogP contribution in [0.3, 0.4) is 0 Å². The van der Waals surface area contributed by atoms with E-state index in [0.29, 0.717) is 0 Å².